The number of hydrogen-bond donors (Lipinski definition) is 3. The Kier molecular flexibility index (Phi) is 9.34. The van der Waals surface area contributed by atoms with Crippen molar-refractivity contribution in [2.24, 2.45) is 0 Å². The zero-order valence-electron chi connectivity index (χ0n) is 21.5. The molecule has 0 saturated heterocycles. The molecule has 3 aromatic rings. The minimum Gasteiger partial charge on any atom is -0.464 e. The standard InChI is InChI=1S/C24H33N8O4P/c1-5-10-35-23(33)24(3,4)31-37(34,30-12-19-8-6-18(11-25)7-9-19)16-36-17(2)13-32-15-29-20-21(26)27-14-28-22(20)32/h6-9,14-15,17H,5,10,12-13,16H2,1-4H3,(H2,26,27,28)(H2,30,31,34)/t17-,37+/m1/s1. The number of nitrogens with one attached hydrogen (secondary N) is 2. The monoisotopic (exact) mass is 528 g/mol. The van der Waals surface area contributed by atoms with Gasteiger partial charge in [-0.1, -0.05) is 19.1 Å². The molecule has 0 aliphatic heterocycles. The predicted molar refractivity (Wildman–Crippen MR) is 139 cm³/mol. The fourth-order valence-corrected chi connectivity index (χ4v) is 5.63. The van der Waals surface area contributed by atoms with Crippen LogP contribution in [0.3, 0.4) is 0 Å². The highest BCUT2D eigenvalue weighted by atomic mass is 31.2. The summed E-state index contributed by atoms with van der Waals surface area (Å²) in [6.07, 6.45) is 3.07. The molecule has 2 heterocycles. The summed E-state index contributed by atoms with van der Waals surface area (Å²) >= 11 is 0. The van der Waals surface area contributed by atoms with Gasteiger partial charge in [-0.15, -0.1) is 0 Å². The van der Waals surface area contributed by atoms with Gasteiger partial charge in [0.25, 0.3) is 0 Å². The lowest BCUT2D eigenvalue weighted by Crippen LogP contribution is -2.48. The molecule has 12 nitrogen and oxygen atoms in total. The minimum atomic E-state index is -3.47. The van der Waals surface area contributed by atoms with E-state index in [-0.39, 0.29) is 31.4 Å². The Bertz CT molecular complexity index is 1300. The maximum Gasteiger partial charge on any atom is 0.326 e. The summed E-state index contributed by atoms with van der Waals surface area (Å²) in [5, 5.41) is 15.0. The van der Waals surface area contributed by atoms with Crippen molar-refractivity contribution in [3.8, 4) is 6.07 Å². The van der Waals surface area contributed by atoms with Crippen molar-refractivity contribution in [1.82, 2.24) is 29.7 Å². The summed E-state index contributed by atoms with van der Waals surface area (Å²) in [6.45, 7) is 7.85. The molecule has 0 spiro atoms. The van der Waals surface area contributed by atoms with E-state index in [0.717, 1.165) is 5.56 Å². The number of esters is 1. The van der Waals surface area contributed by atoms with E-state index in [9.17, 15) is 9.36 Å². The van der Waals surface area contributed by atoms with Gasteiger partial charge in [-0.05, 0) is 44.9 Å². The lowest BCUT2D eigenvalue weighted by molar-refractivity contribution is -0.149. The molecule has 0 aliphatic carbocycles. The van der Waals surface area contributed by atoms with Crippen molar-refractivity contribution in [3.63, 3.8) is 0 Å². The quantitative estimate of drug-likeness (QED) is 0.220. The van der Waals surface area contributed by atoms with Crippen LogP contribution in [0.5, 0.6) is 0 Å². The van der Waals surface area contributed by atoms with Crippen LogP contribution in [0.4, 0.5) is 5.82 Å². The first-order valence-electron chi connectivity index (χ1n) is 11.9. The number of carbonyl (C=O) groups excluding carboxylic acids is 1. The Morgan fingerprint density at radius 3 is 2.68 bits per heavy atom. The van der Waals surface area contributed by atoms with E-state index in [1.54, 1.807) is 49.0 Å². The van der Waals surface area contributed by atoms with Crippen LogP contribution >= 0.6 is 7.44 Å². The molecule has 1 aromatic carbocycles. The van der Waals surface area contributed by atoms with E-state index in [1.807, 2.05) is 13.8 Å². The Morgan fingerprint density at radius 1 is 1.27 bits per heavy atom. The molecule has 2 aromatic heterocycles. The Hall–Kier alpha value is -3.36. The number of rotatable bonds is 13. The van der Waals surface area contributed by atoms with Crippen molar-refractivity contribution in [1.29, 1.82) is 5.26 Å². The molecule has 37 heavy (non-hydrogen) atoms. The van der Waals surface area contributed by atoms with E-state index >= 15 is 0 Å². The number of nitrogens with two attached hydrogens (primary N) is 1. The fraction of sp³-hybridized carbons (Fsp3) is 0.458. The van der Waals surface area contributed by atoms with Crippen LogP contribution in [-0.4, -0.2) is 50.1 Å². The highest BCUT2D eigenvalue weighted by Crippen LogP contribution is 2.40. The molecule has 3 rings (SSSR count). The second kappa shape index (κ2) is 12.3. The Labute approximate surface area is 216 Å². The molecular weight excluding hydrogens is 495 g/mol. The number of imidazole rings is 1. The summed E-state index contributed by atoms with van der Waals surface area (Å²) in [5.74, 6) is -0.222. The number of nitrogen functional groups attached to an aromatic ring is 1. The van der Waals surface area contributed by atoms with E-state index < -0.39 is 19.0 Å². The largest absolute Gasteiger partial charge is 0.464 e. The highest BCUT2D eigenvalue weighted by Gasteiger charge is 2.37. The predicted octanol–water partition coefficient (Wildman–Crippen LogP) is 2.95. The molecular formula is C24H33N8O4P. The molecule has 2 atom stereocenters. The first-order valence-corrected chi connectivity index (χ1v) is 13.8. The van der Waals surface area contributed by atoms with Crippen LogP contribution in [0.1, 0.15) is 45.2 Å². The third-order valence-corrected chi connectivity index (χ3v) is 7.56. The van der Waals surface area contributed by atoms with E-state index in [1.165, 1.54) is 6.33 Å². The van der Waals surface area contributed by atoms with Crippen molar-refractivity contribution in [2.75, 3.05) is 18.7 Å². The third-order valence-electron chi connectivity index (χ3n) is 5.45. The molecule has 0 radical (unpaired) electrons. The van der Waals surface area contributed by atoms with Gasteiger partial charge < -0.3 is 19.8 Å². The molecule has 0 unspecified atom stereocenters. The summed E-state index contributed by atoms with van der Waals surface area (Å²) in [5.41, 5.74) is 7.05. The van der Waals surface area contributed by atoms with Gasteiger partial charge in [0.15, 0.2) is 11.5 Å². The van der Waals surface area contributed by atoms with Crippen LogP contribution in [0.15, 0.2) is 36.9 Å². The van der Waals surface area contributed by atoms with Crippen LogP contribution in [-0.2, 0) is 31.9 Å². The van der Waals surface area contributed by atoms with Gasteiger partial charge in [0.1, 0.15) is 23.7 Å². The molecule has 13 heteroatoms. The zero-order valence-corrected chi connectivity index (χ0v) is 22.4. The third kappa shape index (κ3) is 7.57. The minimum absolute atomic E-state index is 0.196. The van der Waals surface area contributed by atoms with Crippen molar-refractivity contribution in [3.05, 3.63) is 48.0 Å². The summed E-state index contributed by atoms with van der Waals surface area (Å²) in [4.78, 5) is 25.0. The van der Waals surface area contributed by atoms with Crippen LogP contribution < -0.4 is 15.9 Å². The first-order chi connectivity index (χ1) is 17.6. The second-order valence-corrected chi connectivity index (χ2v) is 11.5. The number of anilines is 1. The normalized spacial score (nSPS) is 14.1. The maximum atomic E-state index is 14.0. The lowest BCUT2D eigenvalue weighted by Gasteiger charge is -2.31. The van der Waals surface area contributed by atoms with Gasteiger partial charge in [-0.25, -0.2) is 25.1 Å². The lowest BCUT2D eigenvalue weighted by atomic mass is 10.1. The molecule has 4 N–H and O–H groups in total. The topological polar surface area (TPSA) is 170 Å². The van der Waals surface area contributed by atoms with E-state index in [0.29, 0.717) is 29.7 Å². The van der Waals surface area contributed by atoms with Gasteiger partial charge in [0, 0.05) is 6.54 Å². The molecule has 0 fully saturated rings. The first kappa shape index (κ1) is 28.2. The highest BCUT2D eigenvalue weighted by molar-refractivity contribution is 7.59. The maximum absolute atomic E-state index is 14.0. The number of nitriles is 1. The van der Waals surface area contributed by atoms with Gasteiger partial charge in [0.05, 0.1) is 37.2 Å². The molecule has 0 amide bonds. The van der Waals surface area contributed by atoms with Gasteiger partial charge in [-0.2, -0.15) is 5.26 Å². The number of carbonyl (C=O) groups is 1. The summed E-state index contributed by atoms with van der Waals surface area (Å²) < 4.78 is 27.1. The molecule has 198 valence electrons. The Balaban J connectivity index is 1.72. The van der Waals surface area contributed by atoms with Crippen LogP contribution in [0, 0.1) is 11.3 Å². The van der Waals surface area contributed by atoms with Crippen molar-refractivity contribution >= 4 is 30.4 Å². The molecule has 0 saturated carbocycles. The van der Waals surface area contributed by atoms with Crippen molar-refractivity contribution in [2.45, 2.75) is 58.8 Å². The van der Waals surface area contributed by atoms with E-state index in [2.05, 4.69) is 31.2 Å². The Morgan fingerprint density at radius 2 is 2.00 bits per heavy atom. The SMILES string of the molecule is CCCOC(=O)C(C)(C)N[P@](=O)(CO[C@H](C)Cn1cnc2c(N)ncnc21)NCc1ccc(C#N)cc1. The van der Waals surface area contributed by atoms with Gasteiger partial charge in [0.2, 0.25) is 7.44 Å². The smallest absolute Gasteiger partial charge is 0.326 e. The van der Waals surface area contributed by atoms with Crippen LogP contribution in [0.2, 0.25) is 0 Å². The number of fused-ring (bicyclic) bond motifs is 1. The number of ether oxygens (including phenoxy) is 2. The average molecular weight is 529 g/mol. The zero-order chi connectivity index (χ0) is 27.1. The average Bonchev–Trinajstić information content (AvgIpc) is 3.29. The summed E-state index contributed by atoms with van der Waals surface area (Å²) in [6, 6.07) is 8.99. The van der Waals surface area contributed by atoms with Crippen molar-refractivity contribution < 1.29 is 18.8 Å². The van der Waals surface area contributed by atoms with Gasteiger partial charge in [-0.3, -0.25) is 9.36 Å². The van der Waals surface area contributed by atoms with E-state index in [4.69, 9.17) is 20.5 Å². The van der Waals surface area contributed by atoms with Crippen LogP contribution in [0.25, 0.3) is 11.2 Å². The van der Waals surface area contributed by atoms with Gasteiger partial charge >= 0.3 is 5.97 Å². The number of benzene rings is 1. The molecule has 0 aliphatic rings. The number of hydrogen-bond acceptors (Lipinski definition) is 9. The summed E-state index contributed by atoms with van der Waals surface area (Å²) in [7, 11) is -3.47. The molecule has 0 bridgehead atoms. The second-order valence-electron chi connectivity index (χ2n) is 9.19. The fourth-order valence-electron chi connectivity index (χ4n) is 3.50. The number of aromatic nitrogens is 4. The number of nitrogens with zero attached hydrogens (tertiary/aromatic N) is 5.